The number of nitrogen functional groups attached to an aromatic ring is 4. The molecule has 0 saturated carbocycles. The Morgan fingerprint density at radius 2 is 0.712 bits per heavy atom. The average molecular weight is 2380 g/mol. The lowest BCUT2D eigenvalue weighted by atomic mass is 10.1. The number of alkyl halides is 8. The number of ether oxygens (including phenoxy) is 4. The first-order valence-corrected chi connectivity index (χ1v) is 55.2. The van der Waals surface area contributed by atoms with Crippen molar-refractivity contribution in [3.8, 4) is 0 Å². The van der Waals surface area contributed by atoms with E-state index in [1.165, 1.54) is 78.8 Å². The number of aromatic nitrogens is 18. The van der Waals surface area contributed by atoms with E-state index in [9.17, 15) is 67.5 Å². The highest BCUT2D eigenvalue weighted by Crippen LogP contribution is 2.56. The van der Waals surface area contributed by atoms with Crippen LogP contribution in [-0.4, -0.2) is 250 Å². The third-order valence-corrected chi connectivity index (χ3v) is 36.5. The van der Waals surface area contributed by atoms with Crippen LogP contribution in [0.3, 0.4) is 0 Å². The number of carbonyl (C=O) groups is 4. The van der Waals surface area contributed by atoms with Crippen LogP contribution in [0.5, 0.6) is 0 Å². The molecule has 16 heterocycles. The number of aliphatic hydroxyl groups is 4. The van der Waals surface area contributed by atoms with Crippen molar-refractivity contribution < 1.29 is 112 Å². The second-order valence-corrected chi connectivity index (χ2v) is 49.0. The summed E-state index contributed by atoms with van der Waals surface area (Å²) in [6.07, 6.45) is 2.68. The Morgan fingerprint density at radius 1 is 0.418 bits per heavy atom. The number of carbonyl (C=O) groups excluding carboxylic acids is 4. The molecule has 0 aliphatic carbocycles. The van der Waals surface area contributed by atoms with Gasteiger partial charge < -0.3 is 89.5 Å². The maximum Gasteiger partial charge on any atom is 0.280 e. The summed E-state index contributed by atoms with van der Waals surface area (Å²) in [6.45, 7) is 11.0. The number of hydrogen-bond acceptors (Lipinski definition) is 38. The lowest BCUT2D eigenvalue weighted by Crippen LogP contribution is -2.38. The van der Waals surface area contributed by atoms with Gasteiger partial charge in [-0.25, -0.2) is 67.8 Å². The molecule has 24 atom stereocenters. The summed E-state index contributed by atoms with van der Waals surface area (Å²) in [5.74, 6) is -2.98. The van der Waals surface area contributed by atoms with Crippen LogP contribution >= 0.6 is 93.8 Å². The number of halogens is 8. The molecule has 0 radical (unpaired) electrons. The summed E-state index contributed by atoms with van der Waals surface area (Å²) < 4.78 is 158. The third kappa shape index (κ3) is 26.8. The molecule has 18 N–H and O–H groups in total. The molecule has 48 nitrogen and oxygen atoms in total. The Kier molecular flexibility index (Phi) is 37.1. The number of hydrogen-bond donors (Lipinski definition) is 14. The lowest BCUT2D eigenvalue weighted by Gasteiger charge is -2.24. The number of nitrogens with two attached hydrogens (primary N) is 4. The summed E-state index contributed by atoms with van der Waals surface area (Å²) in [5, 5.41) is 55.0. The molecule has 788 valence electrons. The Morgan fingerprint density at radius 3 is 1.05 bits per heavy atom. The molecule has 0 spiro atoms. The van der Waals surface area contributed by atoms with Crippen molar-refractivity contribution in [1.82, 2.24) is 108 Å². The van der Waals surface area contributed by atoms with Gasteiger partial charge in [0.05, 0.1) is 49.9 Å². The van der Waals surface area contributed by atoms with Gasteiger partial charge in [0.1, 0.15) is 102 Å². The average Bonchev–Trinajstić information content (AvgIpc) is 1.54. The number of nitrogens with zero attached hydrogens (tertiary/aromatic N) is 16. The normalized spacial score (nSPS) is 26.4. The Bertz CT molecular complexity index is 6540. The van der Waals surface area contributed by atoms with E-state index in [4.69, 9.17) is 60.0 Å². The van der Waals surface area contributed by atoms with Crippen molar-refractivity contribution >= 4 is 185 Å². The first kappa shape index (κ1) is 113. The Labute approximate surface area is 862 Å². The standard InChI is InChI=1S/C22H27BrFN6O6P.C22H27BrFN6O5P.C21H26BrFN7O6P.C21H26BrFN7O5P/c1-12(13(2)31)11-37(34,27-9-14-4-3-6-26-8-14)35-10-16-17(32)22(23,24)20(36-16)30-7-5-15-18(30)28-21(25)29-19(15)33;1-13(14(2)31)11-36(33,29-9-15-4-3-6-26-8-15)34-10-17-18(32)22(23,24)21(35-17)30-7-5-16-19(25)27-12-28-20(16)30;1-11(12(2)31)9-37(34,27-7-13-4-3-5-25-6-13)35-8-14-16(32)21(22,23)19(36-14)30-10-26-15-17(30)28-20(24)29-18(15)33;1-12(13(2)31)9-36(33,29-7-14-4-3-5-25-6-14)34-8-15-17(32)21(22,23)20(35-15)30-11-28-16-18(24)26-10-27-19(16)30/h3-8,12,16-17,20,32H,9-11H2,1-2H3,(H,27,34)(H3,25,28,29,33);3-8,12-13,17-18,21,32H,9-11H2,1-2H3,(H,29,33)(H2,25,27,28);3-6,10-11,14,16,19,32H,7-9H2,1-2H3,(H,27,34)(H3,24,28,29,33);3-6,10-12,15,17,20,32H,7-9H2,1-2H3,(H,29,33)(H2,24,26,27)/t12-,16-,17+,20-,22?,37?;13-,17-,18+,21-,22?,36?;11-,14-,16+,19-,21?,37?;12-,15-,17+,20-,21?,36?/m1111/s1. The molecule has 4 fully saturated rings. The number of anilines is 4. The molecular weight excluding hydrogens is 2270 g/mol. The fraction of sp³-hybridized carbons (Fsp3) is 0.465. The highest BCUT2D eigenvalue weighted by atomic mass is 79.9. The van der Waals surface area contributed by atoms with Gasteiger partial charge in [0.2, 0.25) is 30.2 Å². The van der Waals surface area contributed by atoms with Gasteiger partial charge in [0.25, 0.3) is 41.2 Å². The number of aliphatic hydroxyl groups excluding tert-OH is 4. The second-order valence-electron chi connectivity index (χ2n) is 35.0. The molecule has 0 bridgehead atoms. The first-order valence-electron chi connectivity index (χ1n) is 44.8. The van der Waals surface area contributed by atoms with Gasteiger partial charge >= 0.3 is 0 Å². The van der Waals surface area contributed by atoms with E-state index < -0.39 is 183 Å². The van der Waals surface area contributed by atoms with Crippen LogP contribution in [0.15, 0.2) is 158 Å². The van der Waals surface area contributed by atoms with Crippen molar-refractivity contribution in [3.63, 3.8) is 0 Å². The lowest BCUT2D eigenvalue weighted by molar-refractivity contribution is -0.120. The van der Waals surface area contributed by atoms with Crippen LogP contribution in [0.25, 0.3) is 44.4 Å². The van der Waals surface area contributed by atoms with Gasteiger partial charge in [-0.1, -0.05) is 52.0 Å². The minimum Gasteiger partial charge on any atom is -0.386 e. The van der Waals surface area contributed by atoms with Crippen molar-refractivity contribution in [2.75, 3.05) is 74.0 Å². The molecule has 60 heteroatoms. The van der Waals surface area contributed by atoms with E-state index >= 15 is 17.6 Å². The van der Waals surface area contributed by atoms with Crippen LogP contribution < -0.4 is 54.4 Å². The largest absolute Gasteiger partial charge is 0.386 e. The summed E-state index contributed by atoms with van der Waals surface area (Å²) >= 11 is 11.7. The Hall–Kier alpha value is -9.66. The molecule has 4 saturated heterocycles. The van der Waals surface area contributed by atoms with Crippen LogP contribution in [0.1, 0.15) is 103 Å². The third-order valence-electron chi connectivity index (χ3n) is 24.1. The van der Waals surface area contributed by atoms with Crippen LogP contribution in [0.2, 0.25) is 0 Å². The van der Waals surface area contributed by atoms with Crippen molar-refractivity contribution in [2.45, 2.75) is 174 Å². The number of imidazole rings is 2. The van der Waals surface area contributed by atoms with Gasteiger partial charge in [-0.2, -0.15) is 9.97 Å². The summed E-state index contributed by atoms with van der Waals surface area (Å²) in [4.78, 5) is 124. The quantitative estimate of drug-likeness (QED) is 0.00966. The summed E-state index contributed by atoms with van der Waals surface area (Å²) in [5.41, 5.74) is 25.5. The van der Waals surface area contributed by atoms with E-state index in [1.54, 1.807) is 132 Å². The molecule has 0 aromatic carbocycles. The number of H-pyrrole nitrogens is 2. The number of ketones is 4. The molecular formula is C86H106Br4F4N26O22P4. The number of fused-ring (bicyclic) bond motifs is 4. The van der Waals surface area contributed by atoms with Gasteiger partial charge in [0.15, 0.2) is 53.2 Å². The number of aromatic amines is 2. The number of Topliss-reactive ketones (excluding diaryl/α,β-unsaturated/α-hetero) is 4. The zero-order valence-corrected chi connectivity index (χ0v) is 88.9. The van der Waals surface area contributed by atoms with Gasteiger partial charge in [-0.15, -0.1) is 0 Å². The number of nitrogens with one attached hydrogen (secondary N) is 6. The zero-order chi connectivity index (χ0) is 106. The van der Waals surface area contributed by atoms with Crippen molar-refractivity contribution in [1.29, 1.82) is 0 Å². The molecule has 4 aliphatic rings. The Balaban J connectivity index is 0.000000163. The number of pyridine rings is 4. The van der Waals surface area contributed by atoms with E-state index in [2.05, 4.69) is 154 Å². The molecule has 146 heavy (non-hydrogen) atoms. The van der Waals surface area contributed by atoms with Gasteiger partial charge in [-0.05, 0) is 150 Å². The molecule has 16 rings (SSSR count). The van der Waals surface area contributed by atoms with E-state index in [0.29, 0.717) is 11.0 Å². The van der Waals surface area contributed by atoms with Crippen LogP contribution in [0.4, 0.5) is 41.1 Å². The predicted molar refractivity (Wildman–Crippen MR) is 537 cm³/mol. The van der Waals surface area contributed by atoms with Crippen LogP contribution in [0, 0.1) is 23.7 Å². The maximum atomic E-state index is 15.7. The van der Waals surface area contributed by atoms with Crippen molar-refractivity contribution in [2.24, 2.45) is 23.7 Å². The van der Waals surface area contributed by atoms with Gasteiger partial charge in [0, 0.05) is 136 Å². The first-order chi connectivity index (χ1) is 68.8. The van der Waals surface area contributed by atoms with Crippen LogP contribution in [-0.2, 0) is 101 Å². The highest BCUT2D eigenvalue weighted by molar-refractivity contribution is 9.10. The fourth-order valence-corrected chi connectivity index (χ4v) is 26.2. The topological polar surface area (TPSA) is 684 Å². The molecule has 8 unspecified atom stereocenters. The maximum absolute atomic E-state index is 15.7. The minimum atomic E-state index is -3.67. The number of rotatable bonds is 40. The second kappa shape index (κ2) is 47.7. The predicted octanol–water partition coefficient (Wildman–Crippen LogP) is 9.19. The minimum absolute atomic E-state index is 0.0550. The van der Waals surface area contributed by atoms with Crippen molar-refractivity contribution in [3.05, 3.63) is 191 Å². The highest BCUT2D eigenvalue weighted by Gasteiger charge is 2.62. The van der Waals surface area contributed by atoms with Gasteiger partial charge in [-0.3, -0.25) is 86.1 Å². The smallest absolute Gasteiger partial charge is 0.280 e. The monoisotopic (exact) mass is 2370 g/mol. The van der Waals surface area contributed by atoms with E-state index in [-0.39, 0.29) is 131 Å². The fourth-order valence-electron chi connectivity index (χ4n) is 15.3. The molecule has 12 aromatic heterocycles. The van der Waals surface area contributed by atoms with E-state index in [0.717, 1.165) is 33.1 Å². The molecule has 0 amide bonds. The summed E-state index contributed by atoms with van der Waals surface area (Å²) in [7, 11) is -14.6. The zero-order valence-electron chi connectivity index (χ0n) is 79.0. The SMILES string of the molecule is CC(=O)[C@H](C)CP(=O)(NCc1cccnc1)OC[C@H]1O[C@@H](n2ccc3c(=O)[nH]c(N)nc32)C(F)(Br)[C@H]1O.CC(=O)[C@H](C)CP(=O)(NCc1cccnc1)OC[C@H]1O[C@@H](n2ccc3c(N)ncnc32)C(F)(Br)[C@H]1O.CC(=O)[C@H](C)CP(=O)(NCc1cccnc1)OC[C@H]1O[C@@H](n2cnc3c(=O)[nH]c(N)nc32)C(F)(Br)[C@H]1O.CC(=O)[C@H](C)CP(=O)(NCc1cccnc1)OC[C@H]1O[C@@H](n2cnc3c(N)ncnc32)C(F)(Br)[C@H]1O. The summed E-state index contributed by atoms with van der Waals surface area (Å²) in [6, 6.07) is 17.1. The van der Waals surface area contributed by atoms with E-state index in [1.807, 2.05) is 0 Å². The molecule has 4 aliphatic heterocycles. The molecule has 12 aromatic rings.